The van der Waals surface area contributed by atoms with E-state index < -0.39 is 0 Å². The average molecular weight is 243 g/mol. The van der Waals surface area contributed by atoms with E-state index in [1.54, 1.807) is 11.1 Å². The summed E-state index contributed by atoms with van der Waals surface area (Å²) in [4.78, 5) is 0. The highest BCUT2D eigenvalue weighted by atomic mass is 15.0. The number of fused-ring (bicyclic) bond motifs is 3. The first kappa shape index (κ1) is 12.2. The summed E-state index contributed by atoms with van der Waals surface area (Å²) in [5, 5.41) is 3.73. The summed E-state index contributed by atoms with van der Waals surface area (Å²) in [6.07, 6.45) is 4.02. The first-order valence-electron chi connectivity index (χ1n) is 7.47. The molecule has 1 fully saturated rings. The monoisotopic (exact) mass is 243 g/mol. The van der Waals surface area contributed by atoms with Gasteiger partial charge in [0.2, 0.25) is 0 Å². The van der Waals surface area contributed by atoms with Gasteiger partial charge in [0, 0.05) is 6.04 Å². The van der Waals surface area contributed by atoms with Crippen molar-refractivity contribution < 1.29 is 0 Å². The zero-order chi connectivity index (χ0) is 12.8. The van der Waals surface area contributed by atoms with Crippen molar-refractivity contribution in [2.45, 2.75) is 52.0 Å². The molecule has 0 aromatic heterocycles. The van der Waals surface area contributed by atoms with Gasteiger partial charge in [-0.2, -0.15) is 0 Å². The van der Waals surface area contributed by atoms with Crippen molar-refractivity contribution in [1.29, 1.82) is 0 Å². The lowest BCUT2D eigenvalue weighted by atomic mass is 9.49. The molecule has 3 atom stereocenters. The van der Waals surface area contributed by atoms with Gasteiger partial charge in [0.1, 0.15) is 0 Å². The molecule has 1 saturated carbocycles. The van der Waals surface area contributed by atoms with Gasteiger partial charge in [-0.15, -0.1) is 0 Å². The normalized spacial score (nSPS) is 32.9. The molecule has 0 radical (unpaired) electrons. The first-order chi connectivity index (χ1) is 8.66. The van der Waals surface area contributed by atoms with E-state index in [4.69, 9.17) is 0 Å². The summed E-state index contributed by atoms with van der Waals surface area (Å²) in [6.45, 7) is 8.22. The molecule has 2 aliphatic rings. The van der Waals surface area contributed by atoms with E-state index in [1.165, 1.54) is 19.3 Å². The molecule has 1 heteroatoms. The molecule has 0 aliphatic heterocycles. The zero-order valence-electron chi connectivity index (χ0n) is 11.9. The minimum Gasteiger partial charge on any atom is -0.313 e. The summed E-state index contributed by atoms with van der Waals surface area (Å²) < 4.78 is 0. The molecule has 0 heterocycles. The molecular weight excluding hydrogens is 218 g/mol. The predicted octanol–water partition coefficient (Wildman–Crippen LogP) is 3.74. The molecule has 98 valence electrons. The van der Waals surface area contributed by atoms with E-state index in [0.717, 1.165) is 18.4 Å². The van der Waals surface area contributed by atoms with Crippen LogP contribution in [0.5, 0.6) is 0 Å². The summed E-state index contributed by atoms with van der Waals surface area (Å²) in [7, 11) is 0. The summed E-state index contributed by atoms with van der Waals surface area (Å²) in [5.41, 5.74) is 3.65. The zero-order valence-corrected chi connectivity index (χ0v) is 11.9. The Morgan fingerprint density at radius 1 is 1.28 bits per heavy atom. The van der Waals surface area contributed by atoms with Crippen molar-refractivity contribution in [3.05, 3.63) is 35.4 Å². The fraction of sp³-hybridized carbons (Fsp3) is 0.647. The van der Waals surface area contributed by atoms with E-state index in [1.807, 2.05) is 0 Å². The third-order valence-electron chi connectivity index (χ3n) is 5.26. The highest BCUT2D eigenvalue weighted by Crippen LogP contribution is 2.59. The lowest BCUT2D eigenvalue weighted by Gasteiger charge is -2.59. The van der Waals surface area contributed by atoms with Gasteiger partial charge in [-0.3, -0.25) is 0 Å². The van der Waals surface area contributed by atoms with Gasteiger partial charge in [0.25, 0.3) is 0 Å². The molecular formula is C17H25N. The number of rotatable bonds is 2. The number of nitrogens with one attached hydrogen (secondary N) is 1. The van der Waals surface area contributed by atoms with E-state index in [9.17, 15) is 0 Å². The van der Waals surface area contributed by atoms with Gasteiger partial charge >= 0.3 is 0 Å². The molecule has 1 aromatic rings. The van der Waals surface area contributed by atoms with E-state index in [2.05, 4.69) is 50.4 Å². The summed E-state index contributed by atoms with van der Waals surface area (Å²) >= 11 is 0. The summed E-state index contributed by atoms with van der Waals surface area (Å²) in [6, 6.07) is 9.85. The fourth-order valence-corrected chi connectivity index (χ4v) is 4.56. The van der Waals surface area contributed by atoms with E-state index in [0.29, 0.717) is 11.5 Å². The lowest BCUT2D eigenvalue weighted by Crippen LogP contribution is -2.62. The third-order valence-corrected chi connectivity index (χ3v) is 5.26. The van der Waals surface area contributed by atoms with Crippen LogP contribution >= 0.6 is 0 Å². The maximum atomic E-state index is 3.73. The Bertz CT molecular complexity index is 435. The number of hydrogen-bond donors (Lipinski definition) is 1. The Morgan fingerprint density at radius 2 is 2.06 bits per heavy atom. The molecule has 3 unspecified atom stereocenters. The van der Waals surface area contributed by atoms with E-state index >= 15 is 0 Å². The van der Waals surface area contributed by atoms with Crippen molar-refractivity contribution in [1.82, 2.24) is 5.32 Å². The van der Waals surface area contributed by atoms with Crippen LogP contribution in [0.25, 0.3) is 0 Å². The maximum absolute atomic E-state index is 3.73. The van der Waals surface area contributed by atoms with Crippen molar-refractivity contribution in [2.75, 3.05) is 6.54 Å². The van der Waals surface area contributed by atoms with Crippen LogP contribution in [0.15, 0.2) is 24.3 Å². The molecule has 0 spiro atoms. The Labute approximate surface area is 111 Å². The number of hydrogen-bond acceptors (Lipinski definition) is 1. The van der Waals surface area contributed by atoms with Crippen molar-refractivity contribution >= 4 is 0 Å². The number of aryl methyl sites for hydroxylation is 1. The Hall–Kier alpha value is -0.820. The molecule has 18 heavy (non-hydrogen) atoms. The van der Waals surface area contributed by atoms with Crippen LogP contribution in [0.3, 0.4) is 0 Å². The molecule has 0 bridgehead atoms. The first-order valence-corrected chi connectivity index (χ1v) is 7.47. The molecule has 1 N–H and O–H groups in total. The standard InChI is InChI=1S/C17H25N/c1-4-18-16-14-11-7-9-12-8-5-6-10-13(12)15(14)17(16,2)3/h5-6,8,10,14-16,18H,4,7,9,11H2,1-3H3. The quantitative estimate of drug-likeness (QED) is 0.834. The van der Waals surface area contributed by atoms with Crippen LogP contribution in [-0.4, -0.2) is 12.6 Å². The van der Waals surface area contributed by atoms with Gasteiger partial charge in [-0.25, -0.2) is 0 Å². The Balaban J connectivity index is 1.97. The average Bonchev–Trinajstić information content (AvgIpc) is 2.53. The topological polar surface area (TPSA) is 12.0 Å². The second-order valence-corrected chi connectivity index (χ2v) is 6.59. The highest BCUT2D eigenvalue weighted by molar-refractivity contribution is 5.38. The van der Waals surface area contributed by atoms with Gasteiger partial charge in [-0.05, 0) is 54.2 Å². The molecule has 1 aromatic carbocycles. The fourth-order valence-electron chi connectivity index (χ4n) is 4.56. The molecule has 0 amide bonds. The lowest BCUT2D eigenvalue weighted by molar-refractivity contribution is -0.0129. The predicted molar refractivity (Wildman–Crippen MR) is 76.9 cm³/mol. The second kappa shape index (κ2) is 4.38. The van der Waals surface area contributed by atoms with Crippen LogP contribution in [0.4, 0.5) is 0 Å². The van der Waals surface area contributed by atoms with Crippen LogP contribution < -0.4 is 5.32 Å². The van der Waals surface area contributed by atoms with Crippen LogP contribution in [0, 0.1) is 11.3 Å². The molecule has 2 aliphatic carbocycles. The Kier molecular flexibility index (Phi) is 2.97. The summed E-state index contributed by atoms with van der Waals surface area (Å²) in [5.74, 6) is 1.61. The van der Waals surface area contributed by atoms with Crippen LogP contribution in [0.2, 0.25) is 0 Å². The van der Waals surface area contributed by atoms with Crippen LogP contribution in [0.1, 0.15) is 50.7 Å². The van der Waals surface area contributed by atoms with Gasteiger partial charge in [0.15, 0.2) is 0 Å². The third kappa shape index (κ3) is 1.64. The molecule has 0 saturated heterocycles. The van der Waals surface area contributed by atoms with Crippen molar-refractivity contribution in [3.63, 3.8) is 0 Å². The van der Waals surface area contributed by atoms with Crippen LogP contribution in [-0.2, 0) is 6.42 Å². The molecule has 1 nitrogen and oxygen atoms in total. The second-order valence-electron chi connectivity index (χ2n) is 6.59. The number of benzene rings is 1. The minimum absolute atomic E-state index is 0.404. The highest BCUT2D eigenvalue weighted by Gasteiger charge is 2.56. The smallest absolute Gasteiger partial charge is 0.0158 e. The Morgan fingerprint density at radius 3 is 2.83 bits per heavy atom. The maximum Gasteiger partial charge on any atom is 0.0158 e. The van der Waals surface area contributed by atoms with Crippen molar-refractivity contribution in [3.8, 4) is 0 Å². The van der Waals surface area contributed by atoms with Gasteiger partial charge < -0.3 is 5.32 Å². The minimum atomic E-state index is 0.404. The van der Waals surface area contributed by atoms with Gasteiger partial charge in [0.05, 0.1) is 0 Å². The SMILES string of the molecule is CCNC1C2CCCc3ccccc3C2C1(C)C. The largest absolute Gasteiger partial charge is 0.313 e. The van der Waals surface area contributed by atoms with Crippen molar-refractivity contribution in [2.24, 2.45) is 11.3 Å². The molecule has 3 rings (SSSR count). The van der Waals surface area contributed by atoms with E-state index in [-0.39, 0.29) is 0 Å². The van der Waals surface area contributed by atoms with Gasteiger partial charge in [-0.1, -0.05) is 45.0 Å².